The smallest absolute Gasteiger partial charge is 0.279 e. The number of β-amino-alcohol motifs (C(OH)–C–C–N with tert-alkyl or cyclic N) is 1. The average Bonchev–Trinajstić information content (AvgIpc) is 2.62. The Morgan fingerprint density at radius 3 is 2.27 bits per heavy atom. The summed E-state index contributed by atoms with van der Waals surface area (Å²) in [6.07, 6.45) is 0.314. The molecule has 6 heteroatoms. The molecular weight excluding hydrogens is 348 g/mol. The first-order valence-corrected chi connectivity index (χ1v) is 10.1. The summed E-state index contributed by atoms with van der Waals surface area (Å²) in [5, 5.41) is 15.7. The number of rotatable bonds is 4. The second kappa shape index (κ2) is 6.85. The number of hydrazone groups is 1. The molecule has 0 bridgehead atoms. The van der Waals surface area contributed by atoms with Crippen LogP contribution in [0.1, 0.15) is 31.4 Å². The van der Waals surface area contributed by atoms with Crippen molar-refractivity contribution < 1.29 is 13.5 Å². The summed E-state index contributed by atoms with van der Waals surface area (Å²) < 4.78 is 27.2. The summed E-state index contributed by atoms with van der Waals surface area (Å²) in [6, 6.07) is 15.9. The van der Waals surface area contributed by atoms with Crippen molar-refractivity contribution in [3.8, 4) is 0 Å². The van der Waals surface area contributed by atoms with Gasteiger partial charge in [0.15, 0.2) is 0 Å². The van der Waals surface area contributed by atoms with Crippen LogP contribution in [0, 0.1) is 12.8 Å². The molecule has 0 amide bonds. The van der Waals surface area contributed by atoms with Crippen LogP contribution >= 0.6 is 0 Å². The molecule has 1 aliphatic heterocycles. The monoisotopic (exact) mass is 372 g/mol. The van der Waals surface area contributed by atoms with Gasteiger partial charge in [-0.05, 0) is 30.5 Å². The molecule has 138 valence electrons. The fourth-order valence-electron chi connectivity index (χ4n) is 3.03. The van der Waals surface area contributed by atoms with E-state index >= 15 is 0 Å². The van der Waals surface area contributed by atoms with Crippen molar-refractivity contribution in [1.29, 1.82) is 0 Å². The van der Waals surface area contributed by atoms with Crippen LogP contribution in [-0.4, -0.2) is 30.2 Å². The zero-order valence-corrected chi connectivity index (χ0v) is 16.1. The van der Waals surface area contributed by atoms with Gasteiger partial charge in [-0.15, -0.1) is 0 Å². The van der Waals surface area contributed by atoms with Crippen LogP contribution in [0.4, 0.5) is 0 Å². The number of hydrogen-bond donors (Lipinski definition) is 1. The summed E-state index contributed by atoms with van der Waals surface area (Å²) >= 11 is 0. The molecule has 1 atom stereocenters. The van der Waals surface area contributed by atoms with Gasteiger partial charge in [-0.25, -0.2) is 0 Å². The Labute approximate surface area is 155 Å². The topological polar surface area (TPSA) is 70.0 Å². The number of nitrogens with zero attached hydrogens (tertiary/aromatic N) is 2. The number of aryl methyl sites for hydroxylation is 1. The van der Waals surface area contributed by atoms with Crippen molar-refractivity contribution in [2.45, 2.75) is 37.7 Å². The van der Waals surface area contributed by atoms with E-state index in [9.17, 15) is 13.5 Å². The van der Waals surface area contributed by atoms with Crippen LogP contribution in [0.25, 0.3) is 0 Å². The van der Waals surface area contributed by atoms with Gasteiger partial charge in [-0.1, -0.05) is 61.9 Å². The van der Waals surface area contributed by atoms with Gasteiger partial charge in [-0.2, -0.15) is 17.9 Å². The molecule has 0 aliphatic carbocycles. The van der Waals surface area contributed by atoms with Gasteiger partial charge in [0.2, 0.25) is 0 Å². The fourth-order valence-corrected chi connectivity index (χ4v) is 4.34. The zero-order valence-electron chi connectivity index (χ0n) is 15.3. The quantitative estimate of drug-likeness (QED) is 0.895. The first kappa shape index (κ1) is 18.6. The molecule has 26 heavy (non-hydrogen) atoms. The van der Waals surface area contributed by atoms with E-state index in [0.717, 1.165) is 9.98 Å². The molecule has 5 nitrogen and oxygen atoms in total. The lowest BCUT2D eigenvalue weighted by Crippen LogP contribution is -2.47. The number of sulfonamides is 1. The first-order valence-electron chi connectivity index (χ1n) is 8.67. The number of hydrogen-bond acceptors (Lipinski definition) is 4. The molecule has 3 rings (SSSR count). The lowest BCUT2D eigenvalue weighted by molar-refractivity contribution is 0.0166. The second-order valence-electron chi connectivity index (χ2n) is 7.12. The van der Waals surface area contributed by atoms with E-state index in [1.54, 1.807) is 24.3 Å². The Morgan fingerprint density at radius 1 is 1.08 bits per heavy atom. The van der Waals surface area contributed by atoms with Crippen LogP contribution < -0.4 is 0 Å². The highest BCUT2D eigenvalue weighted by Crippen LogP contribution is 2.34. The second-order valence-corrected chi connectivity index (χ2v) is 8.96. The van der Waals surface area contributed by atoms with Gasteiger partial charge < -0.3 is 5.11 Å². The van der Waals surface area contributed by atoms with Gasteiger partial charge in [0.1, 0.15) is 5.60 Å². The highest BCUT2D eigenvalue weighted by Gasteiger charge is 2.41. The van der Waals surface area contributed by atoms with Crippen molar-refractivity contribution in [2.75, 3.05) is 6.54 Å². The van der Waals surface area contributed by atoms with Crippen molar-refractivity contribution >= 4 is 15.7 Å². The van der Waals surface area contributed by atoms with E-state index in [-0.39, 0.29) is 17.4 Å². The van der Waals surface area contributed by atoms with Crippen molar-refractivity contribution in [1.82, 2.24) is 4.41 Å². The molecule has 1 N–H and O–H groups in total. The Morgan fingerprint density at radius 2 is 1.69 bits per heavy atom. The van der Waals surface area contributed by atoms with E-state index in [1.807, 2.05) is 51.1 Å². The lowest BCUT2D eigenvalue weighted by Gasteiger charge is -2.38. The number of benzene rings is 2. The Balaban J connectivity index is 2.05. The third-order valence-electron chi connectivity index (χ3n) is 4.68. The predicted octanol–water partition coefficient (Wildman–Crippen LogP) is 3.29. The zero-order chi connectivity index (χ0) is 18.9. The minimum atomic E-state index is -3.84. The van der Waals surface area contributed by atoms with E-state index < -0.39 is 15.6 Å². The predicted molar refractivity (Wildman–Crippen MR) is 102 cm³/mol. The third kappa shape index (κ3) is 3.52. The average molecular weight is 372 g/mol. The van der Waals surface area contributed by atoms with Gasteiger partial charge in [0.25, 0.3) is 10.0 Å². The lowest BCUT2D eigenvalue weighted by atomic mass is 9.85. The normalized spacial score (nSPS) is 21.0. The molecule has 1 heterocycles. The molecule has 0 saturated heterocycles. The van der Waals surface area contributed by atoms with Crippen LogP contribution in [-0.2, 0) is 15.6 Å². The highest BCUT2D eigenvalue weighted by molar-refractivity contribution is 7.89. The van der Waals surface area contributed by atoms with Crippen molar-refractivity contribution in [2.24, 2.45) is 11.0 Å². The van der Waals surface area contributed by atoms with Gasteiger partial charge >= 0.3 is 0 Å². The van der Waals surface area contributed by atoms with E-state index in [1.165, 1.54) is 0 Å². The SMILES string of the molecule is Cc1ccc(S(=O)(=O)N2CC(O)(c3ccccc3)CC(C(C)C)=N2)cc1. The van der Waals surface area contributed by atoms with Crippen LogP contribution in [0.3, 0.4) is 0 Å². The van der Waals surface area contributed by atoms with Crippen LogP contribution in [0.5, 0.6) is 0 Å². The summed E-state index contributed by atoms with van der Waals surface area (Å²) in [5.74, 6) is 0.0289. The Bertz CT molecular complexity index is 906. The Hall–Kier alpha value is -2.18. The molecule has 2 aromatic carbocycles. The summed E-state index contributed by atoms with van der Waals surface area (Å²) in [5.41, 5.74) is 1.03. The van der Waals surface area contributed by atoms with Crippen molar-refractivity contribution in [3.05, 3.63) is 65.7 Å². The molecule has 0 fully saturated rings. The van der Waals surface area contributed by atoms with Crippen LogP contribution in [0.15, 0.2) is 64.6 Å². The molecular formula is C20H24N2O3S. The van der Waals surface area contributed by atoms with Gasteiger partial charge in [-0.3, -0.25) is 0 Å². The van der Waals surface area contributed by atoms with Gasteiger partial charge in [0, 0.05) is 12.1 Å². The van der Waals surface area contributed by atoms with Gasteiger partial charge in [0.05, 0.1) is 11.4 Å². The molecule has 0 aromatic heterocycles. The minimum absolute atomic E-state index is 0.0289. The van der Waals surface area contributed by atoms with E-state index in [0.29, 0.717) is 17.7 Å². The molecule has 1 aliphatic rings. The molecule has 0 radical (unpaired) electrons. The molecule has 2 aromatic rings. The highest BCUT2D eigenvalue weighted by atomic mass is 32.2. The van der Waals surface area contributed by atoms with Crippen molar-refractivity contribution in [3.63, 3.8) is 0 Å². The summed E-state index contributed by atoms with van der Waals surface area (Å²) in [6.45, 7) is 5.70. The molecule has 1 unspecified atom stereocenters. The van der Waals surface area contributed by atoms with E-state index in [2.05, 4.69) is 5.10 Å². The number of aliphatic hydroxyl groups is 1. The standard InChI is InChI=1S/C20H24N2O3S/c1-15(2)19-13-20(23,17-7-5-4-6-8-17)14-22(21-19)26(24,25)18-11-9-16(3)10-12-18/h4-12,15,23H,13-14H2,1-3H3. The molecule has 0 saturated carbocycles. The largest absolute Gasteiger partial charge is 0.383 e. The molecule has 0 spiro atoms. The minimum Gasteiger partial charge on any atom is -0.383 e. The maximum atomic E-state index is 13.1. The van der Waals surface area contributed by atoms with E-state index in [4.69, 9.17) is 0 Å². The fraction of sp³-hybridized carbons (Fsp3) is 0.350. The third-order valence-corrected chi connectivity index (χ3v) is 6.32. The summed E-state index contributed by atoms with van der Waals surface area (Å²) in [7, 11) is -3.84. The van der Waals surface area contributed by atoms with Crippen LogP contribution in [0.2, 0.25) is 0 Å². The maximum Gasteiger partial charge on any atom is 0.279 e. The maximum absolute atomic E-state index is 13.1. The summed E-state index contributed by atoms with van der Waals surface area (Å²) in [4.78, 5) is 0.173. The first-order chi connectivity index (χ1) is 12.2. The Kier molecular flexibility index (Phi) is 4.90.